The highest BCUT2D eigenvalue weighted by molar-refractivity contribution is 14.0. The van der Waals surface area contributed by atoms with Crippen molar-refractivity contribution in [2.75, 3.05) is 6.54 Å². The van der Waals surface area contributed by atoms with Gasteiger partial charge in [-0.2, -0.15) is 5.10 Å². The maximum Gasteiger partial charge on any atom is 0.191 e. The second-order valence-electron chi connectivity index (χ2n) is 7.05. The van der Waals surface area contributed by atoms with Gasteiger partial charge in [0.25, 0.3) is 0 Å². The summed E-state index contributed by atoms with van der Waals surface area (Å²) in [5, 5.41) is 11.4. The van der Waals surface area contributed by atoms with Gasteiger partial charge in [-0.15, -0.1) is 24.0 Å². The summed E-state index contributed by atoms with van der Waals surface area (Å²) in [4.78, 5) is 9.24. The molecule has 1 aliphatic heterocycles. The van der Waals surface area contributed by atoms with Crippen LogP contribution in [0.15, 0.2) is 27.7 Å². The van der Waals surface area contributed by atoms with E-state index in [9.17, 15) is 4.39 Å². The maximum atomic E-state index is 13.7. The Kier molecular flexibility index (Phi) is 8.66. The fourth-order valence-corrected chi connectivity index (χ4v) is 3.26. The predicted octanol–water partition coefficient (Wildman–Crippen LogP) is 3.99. The summed E-state index contributed by atoms with van der Waals surface area (Å²) >= 11 is 3.17. The molecule has 0 aliphatic carbocycles. The van der Waals surface area contributed by atoms with Crippen LogP contribution in [0.2, 0.25) is 0 Å². The molecule has 0 spiro atoms. The van der Waals surface area contributed by atoms with Crippen LogP contribution in [0.25, 0.3) is 0 Å². The molecule has 0 fully saturated rings. The molecule has 1 atom stereocenters. The number of fused-ring (bicyclic) bond motifs is 1. The molecule has 154 valence electrons. The van der Waals surface area contributed by atoms with E-state index >= 15 is 0 Å². The molecule has 0 saturated carbocycles. The number of aromatic nitrogens is 3. The fourth-order valence-electron chi connectivity index (χ4n) is 3.01. The van der Waals surface area contributed by atoms with Crippen LogP contribution in [0.5, 0.6) is 0 Å². The molecule has 28 heavy (non-hydrogen) atoms. The smallest absolute Gasteiger partial charge is 0.191 e. The SMILES string of the molecule is CCNC(=NCc1ccc(Br)c(F)c1)NC1CCc2nc(C(C)C)nn2C1.I. The molecule has 0 amide bonds. The molecule has 3 rings (SSSR count). The van der Waals surface area contributed by atoms with Gasteiger partial charge in [0.2, 0.25) is 0 Å². The summed E-state index contributed by atoms with van der Waals surface area (Å²) in [6.45, 7) is 8.20. The van der Waals surface area contributed by atoms with E-state index in [1.54, 1.807) is 6.07 Å². The van der Waals surface area contributed by atoms with Crippen molar-refractivity contribution < 1.29 is 4.39 Å². The van der Waals surface area contributed by atoms with Crippen LogP contribution in [0.4, 0.5) is 4.39 Å². The Balaban J connectivity index is 0.00000280. The van der Waals surface area contributed by atoms with Gasteiger partial charge in [-0.05, 0) is 47.0 Å². The van der Waals surface area contributed by atoms with E-state index in [2.05, 4.69) is 55.5 Å². The molecule has 9 heteroatoms. The summed E-state index contributed by atoms with van der Waals surface area (Å²) in [6.07, 6.45) is 1.88. The van der Waals surface area contributed by atoms with Gasteiger partial charge < -0.3 is 10.6 Å². The molecule has 0 radical (unpaired) electrons. The number of hydrogen-bond acceptors (Lipinski definition) is 3. The van der Waals surface area contributed by atoms with Crippen molar-refractivity contribution in [3.05, 3.63) is 45.7 Å². The van der Waals surface area contributed by atoms with Crippen molar-refractivity contribution in [3.63, 3.8) is 0 Å². The molecule has 0 saturated heterocycles. The monoisotopic (exact) mass is 564 g/mol. The maximum absolute atomic E-state index is 13.7. The minimum Gasteiger partial charge on any atom is -0.357 e. The number of nitrogens with zero attached hydrogens (tertiary/aromatic N) is 4. The van der Waals surface area contributed by atoms with Crippen LogP contribution < -0.4 is 10.6 Å². The van der Waals surface area contributed by atoms with Crippen LogP contribution in [-0.4, -0.2) is 33.3 Å². The van der Waals surface area contributed by atoms with Crippen molar-refractivity contribution in [1.82, 2.24) is 25.4 Å². The molecule has 0 bridgehead atoms. The number of hydrogen-bond donors (Lipinski definition) is 2. The van der Waals surface area contributed by atoms with Crippen molar-refractivity contribution in [3.8, 4) is 0 Å². The molecular formula is C19H27BrFIN6. The predicted molar refractivity (Wildman–Crippen MR) is 124 cm³/mol. The lowest BCUT2D eigenvalue weighted by Gasteiger charge is -2.25. The van der Waals surface area contributed by atoms with E-state index in [0.29, 0.717) is 16.9 Å². The van der Waals surface area contributed by atoms with Crippen molar-refractivity contribution in [1.29, 1.82) is 0 Å². The van der Waals surface area contributed by atoms with Crippen molar-refractivity contribution >= 4 is 45.9 Å². The van der Waals surface area contributed by atoms with E-state index in [4.69, 9.17) is 0 Å². The summed E-state index contributed by atoms with van der Waals surface area (Å²) in [5.41, 5.74) is 0.830. The molecule has 1 unspecified atom stereocenters. The van der Waals surface area contributed by atoms with Crippen molar-refractivity contribution in [2.24, 2.45) is 4.99 Å². The van der Waals surface area contributed by atoms with Gasteiger partial charge in [0, 0.05) is 24.9 Å². The van der Waals surface area contributed by atoms with Crippen LogP contribution in [0, 0.1) is 5.82 Å². The lowest BCUT2D eigenvalue weighted by Crippen LogP contribution is -2.47. The minimum atomic E-state index is -0.271. The summed E-state index contributed by atoms with van der Waals surface area (Å²) in [5.74, 6) is 2.76. The van der Waals surface area contributed by atoms with Crippen LogP contribution >= 0.6 is 39.9 Å². The fraction of sp³-hybridized carbons (Fsp3) is 0.526. The van der Waals surface area contributed by atoms with Crippen LogP contribution in [0.1, 0.15) is 50.3 Å². The third-order valence-corrected chi connectivity index (χ3v) is 5.12. The number of guanidine groups is 1. The molecule has 1 aromatic carbocycles. The normalized spacial score (nSPS) is 16.5. The zero-order valence-electron chi connectivity index (χ0n) is 16.4. The summed E-state index contributed by atoms with van der Waals surface area (Å²) in [7, 11) is 0. The molecule has 2 N–H and O–H groups in total. The van der Waals surface area contributed by atoms with E-state index in [1.807, 2.05) is 17.7 Å². The van der Waals surface area contributed by atoms with Crippen molar-refractivity contribution in [2.45, 2.75) is 58.7 Å². The molecule has 1 aromatic heterocycles. The Morgan fingerprint density at radius 1 is 1.43 bits per heavy atom. The Labute approximate surface area is 190 Å². The second-order valence-corrected chi connectivity index (χ2v) is 7.90. The first-order valence-corrected chi connectivity index (χ1v) is 10.2. The Hall–Kier alpha value is -1.23. The van der Waals surface area contributed by atoms with E-state index in [1.165, 1.54) is 6.07 Å². The third kappa shape index (κ3) is 5.88. The number of aryl methyl sites for hydroxylation is 1. The van der Waals surface area contributed by atoms with E-state index in [-0.39, 0.29) is 35.8 Å². The molecular weight excluding hydrogens is 538 g/mol. The molecule has 1 aliphatic rings. The Morgan fingerprint density at radius 2 is 2.21 bits per heavy atom. The lowest BCUT2D eigenvalue weighted by atomic mass is 10.1. The van der Waals surface area contributed by atoms with Crippen LogP contribution in [0.3, 0.4) is 0 Å². The number of halogens is 3. The van der Waals surface area contributed by atoms with Gasteiger partial charge in [0.1, 0.15) is 11.6 Å². The van der Waals surface area contributed by atoms with Crippen LogP contribution in [-0.2, 0) is 19.5 Å². The molecule has 2 heterocycles. The highest BCUT2D eigenvalue weighted by atomic mass is 127. The number of aliphatic imine (C=N–C) groups is 1. The second kappa shape index (κ2) is 10.5. The Bertz CT molecular complexity index is 823. The standard InChI is InChI=1S/C19H26BrFN6.HI/c1-4-22-19(23-10-13-5-7-15(20)16(21)9-13)24-14-6-8-17-25-18(12(2)3)26-27(17)11-14;/h5,7,9,12,14H,4,6,8,10-11H2,1-3H3,(H2,22,23,24);1H. The highest BCUT2D eigenvalue weighted by Gasteiger charge is 2.23. The minimum absolute atomic E-state index is 0. The largest absolute Gasteiger partial charge is 0.357 e. The van der Waals surface area contributed by atoms with Gasteiger partial charge in [0.05, 0.1) is 17.6 Å². The zero-order chi connectivity index (χ0) is 19.4. The van der Waals surface area contributed by atoms with Gasteiger partial charge in [-0.25, -0.2) is 19.0 Å². The Morgan fingerprint density at radius 3 is 2.89 bits per heavy atom. The topological polar surface area (TPSA) is 67.1 Å². The first-order valence-electron chi connectivity index (χ1n) is 9.38. The molecule has 2 aromatic rings. The molecule has 6 nitrogen and oxygen atoms in total. The average molecular weight is 565 g/mol. The number of rotatable bonds is 5. The summed E-state index contributed by atoms with van der Waals surface area (Å²) < 4.78 is 16.2. The van der Waals surface area contributed by atoms with E-state index in [0.717, 1.165) is 49.1 Å². The first kappa shape index (κ1) is 23.1. The van der Waals surface area contributed by atoms with Gasteiger partial charge in [-0.3, -0.25) is 0 Å². The third-order valence-electron chi connectivity index (χ3n) is 4.48. The van der Waals surface area contributed by atoms with Gasteiger partial charge in [-0.1, -0.05) is 19.9 Å². The first-order chi connectivity index (χ1) is 13.0. The zero-order valence-corrected chi connectivity index (χ0v) is 20.3. The lowest BCUT2D eigenvalue weighted by molar-refractivity contribution is 0.391. The number of benzene rings is 1. The average Bonchev–Trinajstić information content (AvgIpc) is 3.06. The highest BCUT2D eigenvalue weighted by Crippen LogP contribution is 2.18. The summed E-state index contributed by atoms with van der Waals surface area (Å²) in [6, 6.07) is 5.32. The number of nitrogens with one attached hydrogen (secondary N) is 2. The van der Waals surface area contributed by atoms with Gasteiger partial charge in [0.15, 0.2) is 11.8 Å². The van der Waals surface area contributed by atoms with E-state index < -0.39 is 0 Å². The quantitative estimate of drug-likeness (QED) is 0.327. The van der Waals surface area contributed by atoms with Gasteiger partial charge >= 0.3 is 0 Å².